The van der Waals surface area contributed by atoms with Crippen molar-refractivity contribution in [3.05, 3.63) is 60.2 Å². The van der Waals surface area contributed by atoms with Crippen LogP contribution in [0.25, 0.3) is 0 Å². The summed E-state index contributed by atoms with van der Waals surface area (Å²) in [4.78, 5) is 8.27. The Hall–Kier alpha value is -1.82. The Morgan fingerprint density at radius 1 is 1.10 bits per heavy atom. The molecule has 5 heteroatoms. The highest BCUT2D eigenvalue weighted by molar-refractivity contribution is 5.32. The van der Waals surface area contributed by atoms with Crippen molar-refractivity contribution in [2.75, 3.05) is 13.2 Å². The van der Waals surface area contributed by atoms with E-state index in [0.29, 0.717) is 0 Å². The molecule has 21 heavy (non-hydrogen) atoms. The zero-order chi connectivity index (χ0) is 14.5. The predicted octanol–water partition coefficient (Wildman–Crippen LogP) is 1.73. The van der Waals surface area contributed by atoms with Gasteiger partial charge in [0.15, 0.2) is 0 Å². The molecule has 3 N–H and O–H groups in total. The Bertz CT molecular complexity index is 555. The van der Waals surface area contributed by atoms with Crippen LogP contribution < -0.4 is 11.3 Å². The number of benzene rings is 1. The van der Waals surface area contributed by atoms with Crippen LogP contribution >= 0.6 is 0 Å². The summed E-state index contributed by atoms with van der Waals surface area (Å²) < 4.78 is 5.58. The number of nitrogens with zero attached hydrogens (tertiary/aromatic N) is 2. The molecule has 1 aliphatic rings. The maximum atomic E-state index is 5.91. The van der Waals surface area contributed by atoms with E-state index in [1.165, 1.54) is 11.9 Å². The molecule has 0 amide bonds. The minimum Gasteiger partial charge on any atom is -0.381 e. The van der Waals surface area contributed by atoms with E-state index in [4.69, 9.17) is 10.6 Å². The average Bonchev–Trinajstić information content (AvgIpc) is 2.58. The van der Waals surface area contributed by atoms with E-state index in [2.05, 4.69) is 39.7 Å². The van der Waals surface area contributed by atoms with Gasteiger partial charge in [-0.3, -0.25) is 11.3 Å². The van der Waals surface area contributed by atoms with Crippen molar-refractivity contribution in [2.24, 2.45) is 5.84 Å². The van der Waals surface area contributed by atoms with Gasteiger partial charge in [-0.25, -0.2) is 9.97 Å². The fourth-order valence-corrected chi connectivity index (χ4v) is 3.28. The van der Waals surface area contributed by atoms with E-state index in [-0.39, 0.29) is 11.5 Å². The van der Waals surface area contributed by atoms with Gasteiger partial charge < -0.3 is 4.74 Å². The molecule has 1 fully saturated rings. The van der Waals surface area contributed by atoms with Crippen molar-refractivity contribution >= 4 is 0 Å². The highest BCUT2D eigenvalue weighted by Gasteiger charge is 2.42. The van der Waals surface area contributed by atoms with E-state index in [1.807, 2.05) is 18.5 Å². The maximum absolute atomic E-state index is 5.91. The molecule has 1 atom stereocenters. The van der Waals surface area contributed by atoms with Crippen LogP contribution in [-0.2, 0) is 10.2 Å². The van der Waals surface area contributed by atoms with Crippen LogP contribution in [0.3, 0.4) is 0 Å². The molecule has 0 spiro atoms. The number of hydrazine groups is 1. The lowest BCUT2D eigenvalue weighted by molar-refractivity contribution is 0.0339. The van der Waals surface area contributed by atoms with Crippen LogP contribution in [0.1, 0.15) is 30.0 Å². The minimum atomic E-state index is -0.0982. The monoisotopic (exact) mass is 284 g/mol. The Morgan fingerprint density at radius 2 is 1.76 bits per heavy atom. The van der Waals surface area contributed by atoms with Crippen molar-refractivity contribution in [2.45, 2.75) is 24.3 Å². The summed E-state index contributed by atoms with van der Waals surface area (Å²) in [6.07, 6.45) is 7.03. The standard InChI is InChI=1S/C16H20N4O/c17-20-15(13-10-18-12-19-11-13)16(6-8-21-9-7-16)14-4-2-1-3-5-14/h1-5,10-12,15,20H,6-9,17H2. The molecular formula is C16H20N4O. The Kier molecular flexibility index (Phi) is 4.24. The lowest BCUT2D eigenvalue weighted by atomic mass is 9.67. The second-order valence-electron chi connectivity index (χ2n) is 5.41. The number of nitrogens with two attached hydrogens (primary N) is 1. The number of rotatable bonds is 4. The second kappa shape index (κ2) is 6.30. The predicted molar refractivity (Wildman–Crippen MR) is 80.3 cm³/mol. The summed E-state index contributed by atoms with van der Waals surface area (Å²) in [5, 5.41) is 0. The highest BCUT2D eigenvalue weighted by Crippen LogP contribution is 2.44. The van der Waals surface area contributed by atoms with Gasteiger partial charge in [0.05, 0.1) is 6.04 Å². The third kappa shape index (κ3) is 2.68. The highest BCUT2D eigenvalue weighted by atomic mass is 16.5. The summed E-state index contributed by atoms with van der Waals surface area (Å²) in [6.45, 7) is 1.47. The van der Waals surface area contributed by atoms with E-state index in [9.17, 15) is 0 Å². The molecule has 0 aliphatic carbocycles. The Morgan fingerprint density at radius 3 is 2.38 bits per heavy atom. The largest absolute Gasteiger partial charge is 0.381 e. The summed E-state index contributed by atoms with van der Waals surface area (Å²) in [5.74, 6) is 5.91. The fraction of sp³-hybridized carbons (Fsp3) is 0.375. The van der Waals surface area contributed by atoms with Crippen molar-refractivity contribution < 1.29 is 4.74 Å². The van der Waals surface area contributed by atoms with Crippen LogP contribution in [0.4, 0.5) is 0 Å². The molecule has 0 radical (unpaired) electrons. The van der Waals surface area contributed by atoms with Gasteiger partial charge in [0.2, 0.25) is 0 Å². The first-order valence-corrected chi connectivity index (χ1v) is 7.21. The Labute approximate surface area is 124 Å². The van der Waals surface area contributed by atoms with Crippen molar-refractivity contribution in [1.82, 2.24) is 15.4 Å². The third-order valence-electron chi connectivity index (χ3n) is 4.37. The molecule has 3 rings (SSSR count). The lowest BCUT2D eigenvalue weighted by Crippen LogP contribution is -2.48. The summed E-state index contributed by atoms with van der Waals surface area (Å²) in [5.41, 5.74) is 5.18. The van der Waals surface area contributed by atoms with E-state index in [1.54, 1.807) is 0 Å². The van der Waals surface area contributed by atoms with Crippen LogP contribution in [0, 0.1) is 0 Å². The second-order valence-corrected chi connectivity index (χ2v) is 5.41. The number of aromatic nitrogens is 2. The van der Waals surface area contributed by atoms with Gasteiger partial charge in [0.25, 0.3) is 0 Å². The molecule has 1 unspecified atom stereocenters. The van der Waals surface area contributed by atoms with Crippen molar-refractivity contribution in [3.63, 3.8) is 0 Å². The van der Waals surface area contributed by atoms with Crippen molar-refractivity contribution in [1.29, 1.82) is 0 Å². The molecule has 5 nitrogen and oxygen atoms in total. The maximum Gasteiger partial charge on any atom is 0.115 e. The lowest BCUT2D eigenvalue weighted by Gasteiger charge is -2.43. The van der Waals surface area contributed by atoms with Crippen LogP contribution in [0.15, 0.2) is 49.1 Å². The van der Waals surface area contributed by atoms with Gasteiger partial charge in [0, 0.05) is 36.6 Å². The molecule has 1 saturated heterocycles. The molecule has 1 aliphatic heterocycles. The fourth-order valence-electron chi connectivity index (χ4n) is 3.28. The molecule has 2 aromatic rings. The summed E-state index contributed by atoms with van der Waals surface area (Å²) in [7, 11) is 0. The van der Waals surface area contributed by atoms with Gasteiger partial charge in [-0.1, -0.05) is 30.3 Å². The van der Waals surface area contributed by atoms with Crippen LogP contribution in [0.5, 0.6) is 0 Å². The van der Waals surface area contributed by atoms with Gasteiger partial charge in [0.1, 0.15) is 6.33 Å². The van der Waals surface area contributed by atoms with Gasteiger partial charge >= 0.3 is 0 Å². The molecule has 110 valence electrons. The van der Waals surface area contributed by atoms with Gasteiger partial charge in [-0.15, -0.1) is 0 Å². The van der Waals surface area contributed by atoms with Crippen molar-refractivity contribution in [3.8, 4) is 0 Å². The number of nitrogens with one attached hydrogen (secondary N) is 1. The number of ether oxygens (including phenoxy) is 1. The number of hydrogen-bond acceptors (Lipinski definition) is 5. The smallest absolute Gasteiger partial charge is 0.115 e. The molecule has 0 saturated carbocycles. The van der Waals surface area contributed by atoms with Gasteiger partial charge in [-0.05, 0) is 18.4 Å². The molecule has 2 heterocycles. The normalized spacial score (nSPS) is 19.1. The Balaban J connectivity index is 2.06. The average molecular weight is 284 g/mol. The first kappa shape index (κ1) is 14.1. The van der Waals surface area contributed by atoms with E-state index >= 15 is 0 Å². The van der Waals surface area contributed by atoms with E-state index < -0.39 is 0 Å². The zero-order valence-corrected chi connectivity index (χ0v) is 11.9. The molecule has 1 aromatic heterocycles. The first-order valence-electron chi connectivity index (χ1n) is 7.21. The van der Waals surface area contributed by atoms with Crippen LogP contribution in [0.2, 0.25) is 0 Å². The topological polar surface area (TPSA) is 73.1 Å². The minimum absolute atomic E-state index is 0.0370. The molecular weight excluding hydrogens is 264 g/mol. The molecule has 0 bridgehead atoms. The molecule has 1 aromatic carbocycles. The number of hydrogen-bond donors (Lipinski definition) is 2. The van der Waals surface area contributed by atoms with E-state index in [0.717, 1.165) is 31.6 Å². The zero-order valence-electron chi connectivity index (χ0n) is 11.9. The van der Waals surface area contributed by atoms with Gasteiger partial charge in [-0.2, -0.15) is 0 Å². The third-order valence-corrected chi connectivity index (χ3v) is 4.37. The quantitative estimate of drug-likeness (QED) is 0.661. The summed E-state index contributed by atoms with van der Waals surface area (Å²) >= 11 is 0. The van der Waals surface area contributed by atoms with Crippen LogP contribution in [-0.4, -0.2) is 23.2 Å². The SMILES string of the molecule is NNC(c1cncnc1)C1(c2ccccc2)CCOCC1. The first-order chi connectivity index (χ1) is 10.4. The summed E-state index contributed by atoms with van der Waals surface area (Å²) in [6, 6.07) is 10.5.